The van der Waals surface area contributed by atoms with Gasteiger partial charge in [-0.25, -0.2) is 4.79 Å². The van der Waals surface area contributed by atoms with E-state index in [1.54, 1.807) is 23.1 Å². The summed E-state index contributed by atoms with van der Waals surface area (Å²) in [4.78, 5) is 51.4. The zero-order valence-corrected chi connectivity index (χ0v) is 20.3. The number of piperidine rings is 2. The normalized spacial score (nSPS) is 19.5. The highest BCUT2D eigenvalue weighted by Crippen LogP contribution is 2.21. The number of hydrogen-bond donors (Lipinski definition) is 4. The zero-order valence-electron chi connectivity index (χ0n) is 20.3. The quantitative estimate of drug-likeness (QED) is 0.386. The van der Waals surface area contributed by atoms with Gasteiger partial charge in [0.25, 0.3) is 5.91 Å². The molecule has 2 aliphatic heterocycles. The van der Waals surface area contributed by atoms with Crippen LogP contribution in [0.3, 0.4) is 0 Å². The van der Waals surface area contributed by atoms with Gasteiger partial charge in [-0.1, -0.05) is 6.07 Å². The first-order chi connectivity index (χ1) is 16.9. The van der Waals surface area contributed by atoms with Crippen LogP contribution in [0.5, 0.6) is 5.75 Å². The Morgan fingerprint density at radius 3 is 2.69 bits per heavy atom. The van der Waals surface area contributed by atoms with Crippen molar-refractivity contribution in [3.63, 3.8) is 0 Å². The topological polar surface area (TPSA) is 137 Å². The van der Waals surface area contributed by atoms with Crippen molar-refractivity contribution < 1.29 is 29.0 Å². The molecule has 0 spiro atoms. The molecule has 35 heavy (non-hydrogen) atoms. The SMILES string of the molecule is COc1cccc(C(=O)N[C@@H](CNC(=O)[C@@H]2CCCN(C(=O)CCC3CCNCC3)C2)C(=O)O)c1. The van der Waals surface area contributed by atoms with Crippen LogP contribution in [-0.4, -0.2) is 79.6 Å². The minimum atomic E-state index is -1.29. The zero-order chi connectivity index (χ0) is 25.2. The van der Waals surface area contributed by atoms with E-state index in [2.05, 4.69) is 16.0 Å². The number of carboxylic acid groups (broad SMARTS) is 1. The van der Waals surface area contributed by atoms with E-state index in [-0.39, 0.29) is 23.9 Å². The predicted octanol–water partition coefficient (Wildman–Crippen LogP) is 1.01. The Balaban J connectivity index is 1.47. The van der Waals surface area contributed by atoms with E-state index >= 15 is 0 Å². The number of benzene rings is 1. The summed E-state index contributed by atoms with van der Waals surface area (Å²) in [5, 5.41) is 17.9. The summed E-state index contributed by atoms with van der Waals surface area (Å²) in [6, 6.07) is 5.08. The van der Waals surface area contributed by atoms with Crippen molar-refractivity contribution >= 4 is 23.7 Å². The molecule has 3 amide bonds. The molecule has 10 nitrogen and oxygen atoms in total. The van der Waals surface area contributed by atoms with Gasteiger partial charge in [0.15, 0.2) is 0 Å². The number of ether oxygens (including phenoxy) is 1. The molecular weight excluding hydrogens is 452 g/mol. The van der Waals surface area contributed by atoms with E-state index in [0.29, 0.717) is 37.6 Å². The van der Waals surface area contributed by atoms with E-state index in [1.807, 2.05) is 0 Å². The molecule has 192 valence electrons. The fraction of sp³-hybridized carbons (Fsp3) is 0.600. The Morgan fingerprint density at radius 2 is 1.97 bits per heavy atom. The summed E-state index contributed by atoms with van der Waals surface area (Å²) in [6.07, 6.45) is 4.93. The first-order valence-electron chi connectivity index (χ1n) is 12.3. The number of likely N-dealkylation sites (tertiary alicyclic amines) is 1. The lowest BCUT2D eigenvalue weighted by atomic mass is 9.92. The Hall–Kier alpha value is -3.14. The summed E-state index contributed by atoms with van der Waals surface area (Å²) in [7, 11) is 1.47. The number of hydrogen-bond acceptors (Lipinski definition) is 6. The monoisotopic (exact) mass is 488 g/mol. The summed E-state index contributed by atoms with van der Waals surface area (Å²) in [5.41, 5.74) is 0.257. The third-order valence-electron chi connectivity index (χ3n) is 6.79. The highest BCUT2D eigenvalue weighted by molar-refractivity contribution is 5.97. The highest BCUT2D eigenvalue weighted by atomic mass is 16.5. The molecule has 2 atom stereocenters. The van der Waals surface area contributed by atoms with Crippen molar-refractivity contribution in [2.75, 3.05) is 39.8 Å². The fourth-order valence-corrected chi connectivity index (χ4v) is 4.63. The first-order valence-corrected chi connectivity index (χ1v) is 12.3. The molecule has 2 heterocycles. The number of rotatable bonds is 10. The number of aliphatic carboxylic acids is 1. The molecule has 0 aliphatic carbocycles. The van der Waals surface area contributed by atoms with Crippen molar-refractivity contribution in [1.29, 1.82) is 0 Å². The Labute approximate surface area is 205 Å². The van der Waals surface area contributed by atoms with Crippen molar-refractivity contribution in [1.82, 2.24) is 20.9 Å². The average Bonchev–Trinajstić information content (AvgIpc) is 2.89. The Morgan fingerprint density at radius 1 is 1.20 bits per heavy atom. The Kier molecular flexibility index (Phi) is 9.89. The minimum absolute atomic E-state index is 0.0787. The fourth-order valence-electron chi connectivity index (χ4n) is 4.63. The highest BCUT2D eigenvalue weighted by Gasteiger charge is 2.30. The van der Waals surface area contributed by atoms with Gasteiger partial charge in [-0.15, -0.1) is 0 Å². The maximum absolute atomic E-state index is 12.8. The van der Waals surface area contributed by atoms with E-state index in [0.717, 1.165) is 38.8 Å². The number of nitrogens with one attached hydrogen (secondary N) is 3. The first kappa shape index (κ1) is 26.5. The molecule has 0 bridgehead atoms. The van der Waals surface area contributed by atoms with Crippen molar-refractivity contribution in [3.05, 3.63) is 29.8 Å². The van der Waals surface area contributed by atoms with Crippen LogP contribution in [0.4, 0.5) is 0 Å². The van der Waals surface area contributed by atoms with Crippen molar-refractivity contribution in [3.8, 4) is 5.75 Å². The minimum Gasteiger partial charge on any atom is -0.497 e. The average molecular weight is 489 g/mol. The molecule has 1 aromatic carbocycles. The van der Waals surface area contributed by atoms with Gasteiger partial charge in [0.1, 0.15) is 11.8 Å². The third kappa shape index (κ3) is 7.95. The van der Waals surface area contributed by atoms with Crippen LogP contribution < -0.4 is 20.7 Å². The van der Waals surface area contributed by atoms with E-state index in [9.17, 15) is 24.3 Å². The van der Waals surface area contributed by atoms with Gasteiger partial charge in [0.05, 0.1) is 13.0 Å². The number of carbonyl (C=O) groups is 4. The van der Waals surface area contributed by atoms with Crippen LogP contribution in [0.15, 0.2) is 24.3 Å². The number of carboxylic acids is 1. The van der Waals surface area contributed by atoms with Gasteiger partial charge in [-0.2, -0.15) is 0 Å². The smallest absolute Gasteiger partial charge is 0.328 e. The number of amides is 3. The molecule has 4 N–H and O–H groups in total. The van der Waals surface area contributed by atoms with Crippen LogP contribution in [0, 0.1) is 11.8 Å². The largest absolute Gasteiger partial charge is 0.497 e. The maximum Gasteiger partial charge on any atom is 0.328 e. The van der Waals surface area contributed by atoms with Gasteiger partial charge in [-0.3, -0.25) is 14.4 Å². The molecular formula is C25H36N4O6. The van der Waals surface area contributed by atoms with Crippen molar-refractivity contribution in [2.24, 2.45) is 11.8 Å². The van der Waals surface area contributed by atoms with Gasteiger partial charge in [0.2, 0.25) is 11.8 Å². The predicted molar refractivity (Wildman–Crippen MR) is 129 cm³/mol. The number of methoxy groups -OCH3 is 1. The van der Waals surface area contributed by atoms with Gasteiger partial charge in [-0.05, 0) is 69.3 Å². The summed E-state index contributed by atoms with van der Waals surface area (Å²) in [5.74, 6) is -1.39. The lowest BCUT2D eigenvalue weighted by Crippen LogP contribution is -2.51. The van der Waals surface area contributed by atoms with Gasteiger partial charge < -0.3 is 30.7 Å². The maximum atomic E-state index is 12.8. The molecule has 10 heteroatoms. The molecule has 3 rings (SSSR count). The van der Waals surface area contributed by atoms with E-state index in [4.69, 9.17) is 4.74 Å². The van der Waals surface area contributed by atoms with Crippen LogP contribution >= 0.6 is 0 Å². The van der Waals surface area contributed by atoms with Gasteiger partial charge in [0, 0.05) is 31.6 Å². The second-order valence-corrected chi connectivity index (χ2v) is 9.25. The summed E-state index contributed by atoms with van der Waals surface area (Å²) in [6.45, 7) is 2.74. The second-order valence-electron chi connectivity index (χ2n) is 9.25. The molecule has 1 aromatic rings. The number of carbonyl (C=O) groups excluding carboxylic acids is 3. The van der Waals surface area contributed by atoms with Crippen LogP contribution in [0.1, 0.15) is 48.9 Å². The Bertz CT molecular complexity index is 902. The second kappa shape index (κ2) is 13.1. The number of nitrogens with zero attached hydrogens (tertiary/aromatic N) is 1. The van der Waals surface area contributed by atoms with Crippen LogP contribution in [0.25, 0.3) is 0 Å². The van der Waals surface area contributed by atoms with Crippen LogP contribution in [0.2, 0.25) is 0 Å². The van der Waals surface area contributed by atoms with E-state index < -0.39 is 23.8 Å². The molecule has 0 radical (unpaired) electrons. The van der Waals surface area contributed by atoms with Crippen LogP contribution in [-0.2, 0) is 14.4 Å². The summed E-state index contributed by atoms with van der Waals surface area (Å²) >= 11 is 0. The molecule has 2 fully saturated rings. The van der Waals surface area contributed by atoms with Crippen molar-refractivity contribution in [2.45, 2.75) is 44.6 Å². The molecule has 0 aromatic heterocycles. The molecule has 0 saturated carbocycles. The lowest BCUT2D eigenvalue weighted by Gasteiger charge is -2.33. The molecule has 2 saturated heterocycles. The molecule has 0 unspecified atom stereocenters. The lowest BCUT2D eigenvalue weighted by molar-refractivity contribution is -0.139. The molecule has 2 aliphatic rings. The van der Waals surface area contributed by atoms with Gasteiger partial charge >= 0.3 is 5.97 Å². The standard InChI is InChI=1S/C25H36N4O6/c1-35-20-6-2-4-18(14-20)24(32)28-21(25(33)34)15-27-23(31)19-5-3-13-29(16-19)22(30)8-7-17-9-11-26-12-10-17/h2,4,6,14,17,19,21,26H,3,5,7-13,15-16H2,1H3,(H,27,31)(H,28,32)(H,33,34)/t19-,21+/m1/s1. The third-order valence-corrected chi connectivity index (χ3v) is 6.79. The summed E-state index contributed by atoms with van der Waals surface area (Å²) < 4.78 is 5.09. The van der Waals surface area contributed by atoms with E-state index in [1.165, 1.54) is 13.2 Å².